The lowest BCUT2D eigenvalue weighted by Crippen LogP contribution is -2.44. The van der Waals surface area contributed by atoms with E-state index in [4.69, 9.17) is 0 Å². The number of anilines is 1. The monoisotopic (exact) mass is 351 g/mol. The zero-order valence-corrected chi connectivity index (χ0v) is 15.9. The minimum atomic E-state index is 0.0375. The first-order valence-electron chi connectivity index (χ1n) is 9.95. The Morgan fingerprint density at radius 1 is 1.00 bits per heavy atom. The van der Waals surface area contributed by atoms with Crippen molar-refractivity contribution >= 4 is 11.3 Å². The smallest absolute Gasteiger partial charge is 0.0711 e. The van der Waals surface area contributed by atoms with Crippen LogP contribution in [0.1, 0.15) is 36.0 Å². The van der Waals surface area contributed by atoms with Crippen molar-refractivity contribution in [1.29, 1.82) is 0 Å². The first kappa shape index (κ1) is 16.4. The van der Waals surface area contributed by atoms with Crippen LogP contribution in [0, 0.1) is 6.92 Å². The standard InChI is InChI=1S/C26H25N/c1-20-9-7-11-21(17-20)22-12-8-13-24(18-22)27-25-14-4-3-10-23(25)19-26(27)15-5-2-6-16-26/h2-7,9-11,13-15,17-18H,8,12,16,19H2,1H3. The molecule has 0 fully saturated rings. The first-order chi connectivity index (χ1) is 13.3. The Morgan fingerprint density at radius 3 is 2.78 bits per heavy atom. The maximum Gasteiger partial charge on any atom is 0.0711 e. The van der Waals surface area contributed by atoms with Crippen molar-refractivity contribution < 1.29 is 0 Å². The highest BCUT2D eigenvalue weighted by Gasteiger charge is 2.42. The second-order valence-corrected chi connectivity index (χ2v) is 7.94. The Balaban J connectivity index is 1.60. The van der Waals surface area contributed by atoms with Gasteiger partial charge in [0.2, 0.25) is 0 Å². The molecule has 1 atom stereocenters. The van der Waals surface area contributed by atoms with E-state index in [1.54, 1.807) is 0 Å². The number of para-hydroxylation sites is 1. The molecule has 5 rings (SSSR count). The summed E-state index contributed by atoms with van der Waals surface area (Å²) >= 11 is 0. The van der Waals surface area contributed by atoms with Crippen molar-refractivity contribution in [3.05, 3.63) is 107 Å². The van der Waals surface area contributed by atoms with Crippen LogP contribution in [-0.2, 0) is 6.42 Å². The fraction of sp³-hybridized carbons (Fsp3) is 0.231. The number of aryl methyl sites for hydroxylation is 1. The molecular formula is C26H25N. The van der Waals surface area contributed by atoms with Gasteiger partial charge >= 0.3 is 0 Å². The fourth-order valence-corrected chi connectivity index (χ4v) is 4.79. The molecule has 1 heteroatoms. The highest BCUT2D eigenvalue weighted by atomic mass is 15.2. The van der Waals surface area contributed by atoms with E-state index < -0.39 is 0 Å². The van der Waals surface area contributed by atoms with Crippen LogP contribution in [0.4, 0.5) is 5.69 Å². The number of nitrogens with zero attached hydrogens (tertiary/aromatic N) is 1. The molecule has 1 spiro atoms. The number of benzene rings is 2. The largest absolute Gasteiger partial charge is 0.331 e. The quantitative estimate of drug-likeness (QED) is 0.607. The molecule has 1 nitrogen and oxygen atoms in total. The molecular weight excluding hydrogens is 326 g/mol. The molecule has 0 bridgehead atoms. The van der Waals surface area contributed by atoms with Crippen molar-refractivity contribution in [3.8, 4) is 0 Å². The molecule has 2 aliphatic carbocycles. The molecule has 1 unspecified atom stereocenters. The van der Waals surface area contributed by atoms with Crippen LogP contribution in [0.2, 0.25) is 0 Å². The number of hydrogen-bond acceptors (Lipinski definition) is 1. The molecule has 0 aromatic heterocycles. The molecule has 0 amide bonds. The molecule has 0 N–H and O–H groups in total. The number of hydrogen-bond donors (Lipinski definition) is 0. The summed E-state index contributed by atoms with van der Waals surface area (Å²) in [4.78, 5) is 2.59. The summed E-state index contributed by atoms with van der Waals surface area (Å²) in [6, 6.07) is 17.8. The van der Waals surface area contributed by atoms with Crippen molar-refractivity contribution in [1.82, 2.24) is 0 Å². The summed E-state index contributed by atoms with van der Waals surface area (Å²) in [5.41, 5.74) is 8.35. The van der Waals surface area contributed by atoms with Gasteiger partial charge in [-0.15, -0.1) is 0 Å². The lowest BCUT2D eigenvalue weighted by atomic mass is 9.86. The van der Waals surface area contributed by atoms with Crippen LogP contribution in [-0.4, -0.2) is 5.54 Å². The van der Waals surface area contributed by atoms with Gasteiger partial charge in [0.15, 0.2) is 0 Å². The summed E-state index contributed by atoms with van der Waals surface area (Å²) in [6.07, 6.45) is 18.3. The van der Waals surface area contributed by atoms with Gasteiger partial charge < -0.3 is 4.90 Å². The molecule has 0 radical (unpaired) electrons. The maximum atomic E-state index is 2.59. The molecule has 0 saturated heterocycles. The van der Waals surface area contributed by atoms with E-state index in [0.29, 0.717) is 0 Å². The SMILES string of the molecule is Cc1cccc(C2=CC(N3c4ccccc4CC34C=CC=CC4)=CCC2)c1. The van der Waals surface area contributed by atoms with Gasteiger partial charge in [0.05, 0.1) is 5.54 Å². The summed E-state index contributed by atoms with van der Waals surface area (Å²) < 4.78 is 0. The van der Waals surface area contributed by atoms with Crippen LogP contribution in [0.3, 0.4) is 0 Å². The van der Waals surface area contributed by atoms with Gasteiger partial charge in [-0.3, -0.25) is 0 Å². The molecule has 1 aliphatic heterocycles. The van der Waals surface area contributed by atoms with Crippen molar-refractivity contribution in [2.45, 2.75) is 38.1 Å². The minimum Gasteiger partial charge on any atom is -0.331 e. The Labute approximate surface area is 162 Å². The third-order valence-corrected chi connectivity index (χ3v) is 6.04. The minimum absolute atomic E-state index is 0.0375. The average molecular weight is 351 g/mol. The average Bonchev–Trinajstić information content (AvgIpc) is 3.01. The predicted octanol–water partition coefficient (Wildman–Crippen LogP) is 6.37. The van der Waals surface area contributed by atoms with Gasteiger partial charge in [0, 0.05) is 17.8 Å². The normalized spacial score (nSPS) is 23.4. The lowest BCUT2D eigenvalue weighted by molar-refractivity contribution is 0.532. The van der Waals surface area contributed by atoms with Crippen molar-refractivity contribution in [3.63, 3.8) is 0 Å². The van der Waals surface area contributed by atoms with E-state index in [2.05, 4.69) is 96.8 Å². The topological polar surface area (TPSA) is 3.24 Å². The number of rotatable bonds is 2. The third kappa shape index (κ3) is 2.78. The third-order valence-electron chi connectivity index (χ3n) is 6.04. The Kier molecular flexibility index (Phi) is 3.89. The summed E-state index contributed by atoms with van der Waals surface area (Å²) in [5.74, 6) is 0. The predicted molar refractivity (Wildman–Crippen MR) is 115 cm³/mol. The summed E-state index contributed by atoms with van der Waals surface area (Å²) in [7, 11) is 0. The van der Waals surface area contributed by atoms with Crippen LogP contribution < -0.4 is 4.90 Å². The molecule has 27 heavy (non-hydrogen) atoms. The molecule has 3 aliphatic rings. The Morgan fingerprint density at radius 2 is 1.93 bits per heavy atom. The van der Waals surface area contributed by atoms with Crippen molar-refractivity contribution in [2.24, 2.45) is 0 Å². The molecule has 2 aromatic carbocycles. The highest BCUT2D eigenvalue weighted by Crippen LogP contribution is 2.46. The molecule has 134 valence electrons. The number of fused-ring (bicyclic) bond motifs is 1. The summed E-state index contributed by atoms with van der Waals surface area (Å²) in [6.45, 7) is 2.18. The second-order valence-electron chi connectivity index (χ2n) is 7.94. The Hall–Kier alpha value is -2.80. The highest BCUT2D eigenvalue weighted by molar-refractivity contribution is 5.76. The van der Waals surface area contributed by atoms with Crippen molar-refractivity contribution in [2.75, 3.05) is 4.90 Å². The molecule has 2 aromatic rings. The second kappa shape index (κ2) is 6.42. The van der Waals surface area contributed by atoms with Crippen LogP contribution in [0.5, 0.6) is 0 Å². The van der Waals surface area contributed by atoms with Gasteiger partial charge in [-0.2, -0.15) is 0 Å². The Bertz CT molecular complexity index is 1000. The number of allylic oxidation sites excluding steroid dienone is 5. The van der Waals surface area contributed by atoms with Gasteiger partial charge in [-0.25, -0.2) is 0 Å². The maximum absolute atomic E-state index is 2.59. The summed E-state index contributed by atoms with van der Waals surface area (Å²) in [5, 5.41) is 0. The lowest BCUT2D eigenvalue weighted by Gasteiger charge is -2.40. The van der Waals surface area contributed by atoms with Crippen LogP contribution in [0.15, 0.2) is 90.7 Å². The van der Waals surface area contributed by atoms with E-state index in [1.807, 2.05) is 0 Å². The van der Waals surface area contributed by atoms with E-state index >= 15 is 0 Å². The van der Waals surface area contributed by atoms with Gasteiger partial charge in [0.1, 0.15) is 0 Å². The fourth-order valence-electron chi connectivity index (χ4n) is 4.79. The van der Waals surface area contributed by atoms with Gasteiger partial charge in [-0.1, -0.05) is 78.4 Å². The van der Waals surface area contributed by atoms with E-state index in [-0.39, 0.29) is 5.54 Å². The van der Waals surface area contributed by atoms with E-state index in [1.165, 1.54) is 33.6 Å². The first-order valence-corrected chi connectivity index (χ1v) is 9.95. The van der Waals surface area contributed by atoms with Crippen LogP contribution in [0.25, 0.3) is 5.57 Å². The molecule has 1 heterocycles. The zero-order valence-electron chi connectivity index (χ0n) is 15.9. The molecule has 0 saturated carbocycles. The van der Waals surface area contributed by atoms with E-state index in [0.717, 1.165) is 25.7 Å². The van der Waals surface area contributed by atoms with Gasteiger partial charge in [-0.05, 0) is 55.0 Å². The zero-order chi connectivity index (χ0) is 18.3. The van der Waals surface area contributed by atoms with E-state index in [9.17, 15) is 0 Å². The van der Waals surface area contributed by atoms with Crippen LogP contribution >= 0.6 is 0 Å². The van der Waals surface area contributed by atoms with Gasteiger partial charge in [0.25, 0.3) is 0 Å².